The molecule has 1 atom stereocenters. The van der Waals surface area contributed by atoms with Crippen LogP contribution in [0.2, 0.25) is 10.0 Å². The number of halogens is 2. The number of amides is 1. The van der Waals surface area contributed by atoms with E-state index in [2.05, 4.69) is 11.0 Å². The Morgan fingerprint density at radius 2 is 1.68 bits per heavy atom. The van der Waals surface area contributed by atoms with Crippen molar-refractivity contribution in [3.63, 3.8) is 0 Å². The van der Waals surface area contributed by atoms with Crippen molar-refractivity contribution in [3.05, 3.63) is 69.7 Å². The molecule has 128 valence electrons. The minimum atomic E-state index is -0.298. The third-order valence-electron chi connectivity index (χ3n) is 4.39. The molecule has 0 N–H and O–H groups in total. The van der Waals surface area contributed by atoms with Gasteiger partial charge in [0.05, 0.1) is 21.7 Å². The summed E-state index contributed by atoms with van der Waals surface area (Å²) in [6.07, 6.45) is 0. The minimum Gasteiger partial charge on any atom is -0.336 e. The van der Waals surface area contributed by atoms with E-state index in [-0.39, 0.29) is 17.0 Å². The van der Waals surface area contributed by atoms with Crippen LogP contribution in [0.1, 0.15) is 22.0 Å². The van der Waals surface area contributed by atoms with E-state index in [1.54, 1.807) is 23.1 Å². The quantitative estimate of drug-likeness (QED) is 0.816. The van der Waals surface area contributed by atoms with Gasteiger partial charge in [0.2, 0.25) is 0 Å². The maximum Gasteiger partial charge on any atom is 0.255 e. The van der Waals surface area contributed by atoms with E-state index >= 15 is 0 Å². The predicted molar refractivity (Wildman–Crippen MR) is 98.7 cm³/mol. The summed E-state index contributed by atoms with van der Waals surface area (Å²) in [5, 5.41) is 10.2. The van der Waals surface area contributed by atoms with Crippen LogP contribution in [0.25, 0.3) is 0 Å². The molecule has 2 aromatic rings. The number of rotatable bonds is 3. The zero-order chi connectivity index (χ0) is 17.8. The molecule has 0 aliphatic carbocycles. The van der Waals surface area contributed by atoms with Crippen LogP contribution in [0, 0.1) is 11.3 Å². The highest BCUT2D eigenvalue weighted by Crippen LogP contribution is 2.27. The minimum absolute atomic E-state index is 0.125. The van der Waals surface area contributed by atoms with Crippen molar-refractivity contribution in [2.75, 3.05) is 26.2 Å². The van der Waals surface area contributed by atoms with Gasteiger partial charge in [-0.2, -0.15) is 5.26 Å². The highest BCUT2D eigenvalue weighted by Gasteiger charge is 2.28. The molecule has 1 fully saturated rings. The fourth-order valence-electron chi connectivity index (χ4n) is 3.02. The Morgan fingerprint density at radius 1 is 1.00 bits per heavy atom. The SMILES string of the molecule is N#C[C@H](c1ccccc1)N1CCN(C(=O)c2cccc(Cl)c2Cl)CC1. The highest BCUT2D eigenvalue weighted by atomic mass is 35.5. The van der Waals surface area contributed by atoms with Crippen molar-refractivity contribution in [2.45, 2.75) is 6.04 Å². The number of carbonyl (C=O) groups is 1. The average Bonchev–Trinajstić information content (AvgIpc) is 2.65. The van der Waals surface area contributed by atoms with Gasteiger partial charge in [-0.05, 0) is 17.7 Å². The summed E-state index contributed by atoms with van der Waals surface area (Å²) in [7, 11) is 0. The third-order valence-corrected chi connectivity index (χ3v) is 5.21. The molecule has 6 heteroatoms. The smallest absolute Gasteiger partial charge is 0.255 e. The van der Waals surface area contributed by atoms with Gasteiger partial charge in [0.15, 0.2) is 0 Å². The maximum absolute atomic E-state index is 12.7. The van der Waals surface area contributed by atoms with Gasteiger partial charge in [-0.15, -0.1) is 0 Å². The van der Waals surface area contributed by atoms with Crippen LogP contribution in [0.5, 0.6) is 0 Å². The van der Waals surface area contributed by atoms with Crippen molar-refractivity contribution >= 4 is 29.1 Å². The second-order valence-electron chi connectivity index (χ2n) is 5.87. The summed E-state index contributed by atoms with van der Waals surface area (Å²) in [6.45, 7) is 2.37. The van der Waals surface area contributed by atoms with Crippen molar-refractivity contribution < 1.29 is 4.79 Å². The predicted octanol–water partition coefficient (Wildman–Crippen LogP) is 4.02. The number of nitrogens with zero attached hydrogens (tertiary/aromatic N) is 3. The van der Waals surface area contributed by atoms with Crippen LogP contribution >= 0.6 is 23.2 Å². The number of carbonyl (C=O) groups excluding carboxylic acids is 1. The van der Waals surface area contributed by atoms with Crippen molar-refractivity contribution in [3.8, 4) is 6.07 Å². The van der Waals surface area contributed by atoms with Crippen LogP contribution in [-0.2, 0) is 0 Å². The number of hydrogen-bond donors (Lipinski definition) is 0. The molecule has 0 bridgehead atoms. The lowest BCUT2D eigenvalue weighted by Gasteiger charge is -2.37. The average molecular weight is 374 g/mol. The second-order valence-corrected chi connectivity index (χ2v) is 6.66. The van der Waals surface area contributed by atoms with Crippen molar-refractivity contribution in [1.29, 1.82) is 5.26 Å². The summed E-state index contributed by atoms with van der Waals surface area (Å²) in [5.74, 6) is -0.125. The first-order chi connectivity index (χ1) is 12.1. The Balaban J connectivity index is 1.68. The summed E-state index contributed by atoms with van der Waals surface area (Å²) in [4.78, 5) is 16.5. The molecule has 2 aromatic carbocycles. The van der Waals surface area contributed by atoms with Gasteiger partial charge in [-0.3, -0.25) is 9.69 Å². The van der Waals surface area contributed by atoms with Gasteiger partial charge in [0.1, 0.15) is 6.04 Å². The zero-order valence-corrected chi connectivity index (χ0v) is 15.0. The molecule has 4 nitrogen and oxygen atoms in total. The van der Waals surface area contributed by atoms with E-state index in [4.69, 9.17) is 23.2 Å². The lowest BCUT2D eigenvalue weighted by Crippen LogP contribution is -2.49. The standard InChI is InChI=1S/C19H17Cl2N3O/c20-16-8-4-7-15(18(16)21)19(25)24-11-9-23(10-12-24)17(13-22)14-5-2-1-3-6-14/h1-8,17H,9-12H2/t17-/m1/s1. The molecule has 1 saturated heterocycles. The summed E-state index contributed by atoms with van der Waals surface area (Å²) < 4.78 is 0. The Labute approximate surface area is 157 Å². The zero-order valence-electron chi connectivity index (χ0n) is 13.5. The van der Waals surface area contributed by atoms with Crippen LogP contribution in [0.4, 0.5) is 0 Å². The molecule has 0 saturated carbocycles. The fraction of sp³-hybridized carbons (Fsp3) is 0.263. The van der Waals surface area contributed by atoms with E-state index in [0.29, 0.717) is 36.8 Å². The van der Waals surface area contributed by atoms with Crippen molar-refractivity contribution in [2.24, 2.45) is 0 Å². The van der Waals surface area contributed by atoms with Crippen LogP contribution in [0.15, 0.2) is 48.5 Å². The van der Waals surface area contributed by atoms with Crippen LogP contribution < -0.4 is 0 Å². The molecule has 0 radical (unpaired) electrons. The molecule has 0 unspecified atom stereocenters. The van der Waals surface area contributed by atoms with E-state index in [0.717, 1.165) is 5.56 Å². The van der Waals surface area contributed by atoms with Crippen molar-refractivity contribution in [1.82, 2.24) is 9.80 Å². The number of nitriles is 1. The molecule has 1 aliphatic heterocycles. The summed E-state index contributed by atoms with van der Waals surface area (Å²) >= 11 is 12.2. The molecule has 1 heterocycles. The number of hydrogen-bond acceptors (Lipinski definition) is 3. The Hall–Kier alpha value is -2.06. The van der Waals surface area contributed by atoms with E-state index in [1.165, 1.54) is 0 Å². The topological polar surface area (TPSA) is 47.3 Å². The largest absolute Gasteiger partial charge is 0.336 e. The molecule has 25 heavy (non-hydrogen) atoms. The lowest BCUT2D eigenvalue weighted by molar-refractivity contribution is 0.0606. The molecule has 3 rings (SSSR count). The molecular formula is C19H17Cl2N3O. The van der Waals surface area contributed by atoms with Gasteiger partial charge in [-0.25, -0.2) is 0 Å². The van der Waals surface area contributed by atoms with Gasteiger partial charge >= 0.3 is 0 Å². The molecule has 0 aromatic heterocycles. The van der Waals surface area contributed by atoms with Gasteiger partial charge in [-0.1, -0.05) is 59.6 Å². The number of piperazine rings is 1. The Morgan fingerprint density at radius 3 is 2.32 bits per heavy atom. The first kappa shape index (κ1) is 17.8. The summed E-state index contributed by atoms with van der Waals surface area (Å²) in [6, 6.07) is 16.8. The maximum atomic E-state index is 12.7. The van der Waals surface area contributed by atoms with Crippen LogP contribution in [0.3, 0.4) is 0 Å². The van der Waals surface area contributed by atoms with E-state index in [9.17, 15) is 10.1 Å². The van der Waals surface area contributed by atoms with E-state index < -0.39 is 0 Å². The van der Waals surface area contributed by atoms with E-state index in [1.807, 2.05) is 30.3 Å². The Kier molecular flexibility index (Phi) is 5.60. The first-order valence-corrected chi connectivity index (χ1v) is 8.79. The highest BCUT2D eigenvalue weighted by molar-refractivity contribution is 6.43. The molecule has 1 amide bonds. The monoisotopic (exact) mass is 373 g/mol. The van der Waals surface area contributed by atoms with Crippen LogP contribution in [-0.4, -0.2) is 41.9 Å². The Bertz CT molecular complexity index is 796. The third kappa shape index (κ3) is 3.80. The molecular weight excluding hydrogens is 357 g/mol. The lowest BCUT2D eigenvalue weighted by atomic mass is 10.1. The van der Waals surface area contributed by atoms with Gasteiger partial charge in [0, 0.05) is 26.2 Å². The molecule has 0 spiro atoms. The first-order valence-electron chi connectivity index (χ1n) is 8.03. The normalized spacial score (nSPS) is 16.3. The van der Waals surface area contributed by atoms with Gasteiger partial charge < -0.3 is 4.90 Å². The number of benzene rings is 2. The fourth-order valence-corrected chi connectivity index (χ4v) is 3.41. The summed E-state index contributed by atoms with van der Waals surface area (Å²) in [5.41, 5.74) is 1.39. The second kappa shape index (κ2) is 7.88. The van der Waals surface area contributed by atoms with Gasteiger partial charge in [0.25, 0.3) is 5.91 Å². The molecule has 1 aliphatic rings.